The third-order valence-corrected chi connectivity index (χ3v) is 9.33. The minimum Gasteiger partial charge on any atom is -0.0653 e. The van der Waals surface area contributed by atoms with Crippen molar-refractivity contribution in [2.45, 2.75) is 85.9 Å². The number of hydrogen-bond donors (Lipinski definition) is 0. The van der Waals surface area contributed by atoms with E-state index in [-0.39, 0.29) is 8.80 Å². The maximum atomic E-state index is 2.48. The van der Waals surface area contributed by atoms with Crippen LogP contribution in [-0.2, 0) is 0 Å². The van der Waals surface area contributed by atoms with Crippen molar-refractivity contribution in [3.8, 4) is 0 Å². The summed E-state index contributed by atoms with van der Waals surface area (Å²) in [6, 6.07) is 0. The molecule has 0 rings (SSSR count). The molecule has 0 N–H and O–H groups in total. The van der Waals surface area contributed by atoms with Crippen molar-refractivity contribution in [1.82, 2.24) is 0 Å². The summed E-state index contributed by atoms with van der Waals surface area (Å²) in [5.74, 6) is 0. The summed E-state index contributed by atoms with van der Waals surface area (Å²) < 4.78 is 0. The molecular weight excluding hydrogens is 208 g/mol. The van der Waals surface area contributed by atoms with Gasteiger partial charge in [0, 0.05) is 0 Å². The zero-order valence-corrected chi connectivity index (χ0v) is 14.2. The normalized spacial score (nSPS) is 18.0. The Balaban J connectivity index is 5.04. The average Bonchev–Trinajstić information content (AvgIpc) is 1.99. The van der Waals surface area contributed by atoms with Gasteiger partial charge in [-0.25, -0.2) is 0 Å². The van der Waals surface area contributed by atoms with E-state index in [4.69, 9.17) is 0 Å². The molecule has 0 aliphatic heterocycles. The van der Waals surface area contributed by atoms with Crippen LogP contribution in [0.3, 0.4) is 0 Å². The predicted molar refractivity (Wildman–Crippen MR) is 78.6 cm³/mol. The van der Waals surface area contributed by atoms with Gasteiger partial charge in [0.05, 0.1) is 8.80 Å². The summed E-state index contributed by atoms with van der Waals surface area (Å²) >= 11 is 0. The third kappa shape index (κ3) is 4.23. The standard InChI is InChI=1S/C15H33Si/c1-11(2)16(12(3)14(5,6)7)13(4)15(8,9)10/h11-13H,1-10H3. The highest BCUT2D eigenvalue weighted by molar-refractivity contribution is 6.63. The zero-order chi connectivity index (χ0) is 13.3. The minimum atomic E-state index is -0.332. The van der Waals surface area contributed by atoms with Gasteiger partial charge in [0.15, 0.2) is 0 Å². The van der Waals surface area contributed by atoms with Crippen molar-refractivity contribution in [3.63, 3.8) is 0 Å². The van der Waals surface area contributed by atoms with Gasteiger partial charge in [-0.15, -0.1) is 0 Å². The third-order valence-electron chi connectivity index (χ3n) is 4.26. The molecule has 0 aromatic rings. The molecule has 97 valence electrons. The summed E-state index contributed by atoms with van der Waals surface area (Å²) in [5.41, 5.74) is 3.52. The smallest absolute Gasteiger partial charge is 0.0578 e. The van der Waals surface area contributed by atoms with Gasteiger partial charge >= 0.3 is 0 Å². The van der Waals surface area contributed by atoms with Crippen LogP contribution in [0, 0.1) is 10.8 Å². The summed E-state index contributed by atoms with van der Waals surface area (Å²) in [7, 11) is -0.332. The van der Waals surface area contributed by atoms with Crippen LogP contribution in [0.4, 0.5) is 0 Å². The Bertz CT molecular complexity index is 184. The topological polar surface area (TPSA) is 0 Å². The van der Waals surface area contributed by atoms with Crippen LogP contribution in [0.1, 0.15) is 69.2 Å². The van der Waals surface area contributed by atoms with Crippen molar-refractivity contribution >= 4 is 8.80 Å². The van der Waals surface area contributed by atoms with Crippen molar-refractivity contribution in [2.75, 3.05) is 0 Å². The molecule has 0 bridgehead atoms. The van der Waals surface area contributed by atoms with E-state index in [1.54, 1.807) is 0 Å². The van der Waals surface area contributed by atoms with E-state index < -0.39 is 0 Å². The first-order valence-corrected chi connectivity index (χ1v) is 8.48. The highest BCUT2D eigenvalue weighted by Gasteiger charge is 2.39. The molecule has 1 radical (unpaired) electrons. The molecule has 1 heteroatoms. The molecule has 0 aliphatic carbocycles. The van der Waals surface area contributed by atoms with Crippen LogP contribution in [-0.4, -0.2) is 8.80 Å². The van der Waals surface area contributed by atoms with Crippen molar-refractivity contribution in [1.29, 1.82) is 0 Å². The molecule has 0 spiro atoms. The lowest BCUT2D eigenvalue weighted by molar-refractivity contribution is 0.352. The molecule has 2 atom stereocenters. The van der Waals surface area contributed by atoms with Crippen LogP contribution in [0.5, 0.6) is 0 Å². The van der Waals surface area contributed by atoms with Gasteiger partial charge in [0.2, 0.25) is 0 Å². The van der Waals surface area contributed by atoms with Crippen LogP contribution in [0.25, 0.3) is 0 Å². The van der Waals surface area contributed by atoms with Crippen LogP contribution < -0.4 is 0 Å². The fourth-order valence-corrected chi connectivity index (χ4v) is 7.13. The first-order valence-electron chi connectivity index (χ1n) is 6.75. The molecule has 0 aromatic carbocycles. The van der Waals surface area contributed by atoms with E-state index in [0.717, 1.165) is 16.6 Å². The average molecular weight is 242 g/mol. The lowest BCUT2D eigenvalue weighted by atomic mass is 9.92. The quantitative estimate of drug-likeness (QED) is 0.551. The first-order chi connectivity index (χ1) is 6.89. The number of hydrogen-bond acceptors (Lipinski definition) is 0. The Labute approximate surface area is 106 Å². The van der Waals surface area contributed by atoms with E-state index in [9.17, 15) is 0 Å². The van der Waals surface area contributed by atoms with Gasteiger partial charge in [-0.3, -0.25) is 0 Å². The van der Waals surface area contributed by atoms with Gasteiger partial charge < -0.3 is 0 Å². The largest absolute Gasteiger partial charge is 0.0653 e. The molecule has 2 unspecified atom stereocenters. The van der Waals surface area contributed by atoms with Crippen LogP contribution in [0.15, 0.2) is 0 Å². The zero-order valence-electron chi connectivity index (χ0n) is 13.2. The maximum absolute atomic E-state index is 2.48. The van der Waals surface area contributed by atoms with E-state index in [1.165, 1.54) is 0 Å². The molecule has 0 heterocycles. The molecular formula is C15H33Si. The minimum absolute atomic E-state index is 0.332. The Morgan fingerprint density at radius 1 is 0.625 bits per heavy atom. The molecule has 0 nitrogen and oxygen atoms in total. The van der Waals surface area contributed by atoms with E-state index >= 15 is 0 Å². The van der Waals surface area contributed by atoms with E-state index in [2.05, 4.69) is 69.2 Å². The van der Waals surface area contributed by atoms with Gasteiger partial charge in [0.25, 0.3) is 0 Å². The van der Waals surface area contributed by atoms with Crippen LogP contribution >= 0.6 is 0 Å². The molecule has 0 amide bonds. The number of rotatable bonds is 3. The van der Waals surface area contributed by atoms with Gasteiger partial charge in [-0.2, -0.15) is 0 Å². The molecule has 0 saturated carbocycles. The van der Waals surface area contributed by atoms with Crippen molar-refractivity contribution in [2.24, 2.45) is 10.8 Å². The Hall–Kier alpha value is 0.217. The monoisotopic (exact) mass is 241 g/mol. The maximum Gasteiger partial charge on any atom is 0.0578 e. The van der Waals surface area contributed by atoms with Crippen LogP contribution in [0.2, 0.25) is 16.6 Å². The lowest BCUT2D eigenvalue weighted by Gasteiger charge is -2.43. The van der Waals surface area contributed by atoms with Gasteiger partial charge in [-0.05, 0) is 21.9 Å². The molecule has 0 aliphatic rings. The highest BCUT2D eigenvalue weighted by Crippen LogP contribution is 2.47. The predicted octanol–water partition coefficient (Wildman–Crippen LogP) is 5.76. The molecule has 0 aromatic heterocycles. The Morgan fingerprint density at radius 3 is 1.00 bits per heavy atom. The van der Waals surface area contributed by atoms with Crippen molar-refractivity contribution in [3.05, 3.63) is 0 Å². The second-order valence-corrected chi connectivity index (χ2v) is 11.7. The molecule has 0 saturated heterocycles. The fraction of sp³-hybridized carbons (Fsp3) is 1.00. The van der Waals surface area contributed by atoms with Gasteiger partial charge in [-0.1, -0.05) is 74.8 Å². The summed E-state index contributed by atoms with van der Waals surface area (Å²) in [4.78, 5) is 0. The Kier molecular flexibility index (Phi) is 5.32. The lowest BCUT2D eigenvalue weighted by Crippen LogP contribution is -2.39. The van der Waals surface area contributed by atoms with E-state index in [1.807, 2.05) is 0 Å². The molecule has 0 fully saturated rings. The Morgan fingerprint density at radius 2 is 0.875 bits per heavy atom. The fourth-order valence-electron chi connectivity index (χ4n) is 2.38. The summed E-state index contributed by atoms with van der Waals surface area (Å²) in [6.45, 7) is 24.2. The summed E-state index contributed by atoms with van der Waals surface area (Å²) in [5, 5.41) is 0. The van der Waals surface area contributed by atoms with Crippen molar-refractivity contribution < 1.29 is 0 Å². The van der Waals surface area contributed by atoms with E-state index in [0.29, 0.717) is 10.8 Å². The second kappa shape index (κ2) is 5.24. The first kappa shape index (κ1) is 16.2. The van der Waals surface area contributed by atoms with Gasteiger partial charge in [0.1, 0.15) is 0 Å². The highest BCUT2D eigenvalue weighted by atomic mass is 28.3. The SMILES string of the molecule is CC(C)[Si](C(C)C(C)(C)C)C(C)C(C)(C)C. The summed E-state index contributed by atoms with van der Waals surface area (Å²) in [6.07, 6.45) is 0. The molecule has 16 heavy (non-hydrogen) atoms. The second-order valence-electron chi connectivity index (χ2n) is 7.83.